The maximum absolute atomic E-state index is 10.8. The van der Waals surface area contributed by atoms with E-state index in [1.165, 1.54) is 167 Å². The van der Waals surface area contributed by atoms with Crippen LogP contribution in [0.25, 0.3) is 0 Å². The van der Waals surface area contributed by atoms with Crippen molar-refractivity contribution in [2.75, 3.05) is 13.1 Å². The van der Waals surface area contributed by atoms with Crippen LogP contribution < -0.4 is 24.0 Å². The Morgan fingerprint density at radius 2 is 0.816 bits per heavy atom. The van der Waals surface area contributed by atoms with Crippen LogP contribution in [0, 0.1) is 0 Å². The van der Waals surface area contributed by atoms with E-state index in [2.05, 4.69) is 25.7 Å². The largest absolute Gasteiger partial charge is 1.00 e. The van der Waals surface area contributed by atoms with E-state index in [1.54, 1.807) is 0 Å². The van der Waals surface area contributed by atoms with Crippen LogP contribution in [0.1, 0.15) is 194 Å². The van der Waals surface area contributed by atoms with Crippen LogP contribution in [0.5, 0.6) is 0 Å². The molecule has 0 N–H and O–H groups in total. The zero-order chi connectivity index (χ0) is 27.2. The first-order chi connectivity index (χ1) is 18.1. The summed E-state index contributed by atoms with van der Waals surface area (Å²) in [6.07, 6.45) is 35.4. The Morgan fingerprint density at radius 1 is 0.526 bits per heavy atom. The van der Waals surface area contributed by atoms with Gasteiger partial charge in [-0.1, -0.05) is 155 Å². The van der Waals surface area contributed by atoms with E-state index in [0.29, 0.717) is 6.04 Å². The summed E-state index contributed by atoms with van der Waals surface area (Å²) in [5.74, 6) is -0.902. The first-order valence-corrected chi connectivity index (χ1v) is 17.1. The molecule has 0 bridgehead atoms. The quantitative estimate of drug-likeness (QED) is 0.0717. The first kappa shape index (κ1) is 40.2. The Bertz CT molecular complexity index is 432. The van der Waals surface area contributed by atoms with Crippen LogP contribution in [0.3, 0.4) is 0 Å². The van der Waals surface area contributed by atoms with Crippen LogP contribution in [0.15, 0.2) is 0 Å². The molecule has 0 aromatic carbocycles. The molecule has 0 aliphatic rings. The van der Waals surface area contributed by atoms with Gasteiger partial charge in [-0.05, 0) is 52.1 Å². The smallest absolute Gasteiger partial charge is 0.550 e. The average Bonchev–Trinajstić information content (AvgIpc) is 2.88. The zero-order valence-electron chi connectivity index (χ0n) is 26.8. The second-order valence-electron chi connectivity index (χ2n) is 11.9. The average molecular weight is 530 g/mol. The number of rotatable bonds is 31. The van der Waals surface area contributed by atoms with E-state index >= 15 is 0 Å². The van der Waals surface area contributed by atoms with Crippen molar-refractivity contribution in [2.24, 2.45) is 0 Å². The van der Waals surface area contributed by atoms with Gasteiger partial charge in [0.1, 0.15) is 0 Å². The topological polar surface area (TPSA) is 43.4 Å². The Balaban J connectivity index is 0. The number of nitrogens with zero attached hydrogens (tertiary/aromatic N) is 1. The van der Waals surface area contributed by atoms with Crippen molar-refractivity contribution in [2.45, 2.75) is 200 Å². The van der Waals surface area contributed by atoms with Crippen molar-refractivity contribution in [3.05, 3.63) is 0 Å². The molecular weight excluding hydrogens is 461 g/mol. The minimum Gasteiger partial charge on any atom is -0.550 e. The number of hydrogen-bond donors (Lipinski definition) is 0. The van der Waals surface area contributed by atoms with Crippen molar-refractivity contribution < 1.29 is 28.8 Å². The van der Waals surface area contributed by atoms with Crippen LogP contribution in [0.4, 0.5) is 0 Å². The van der Waals surface area contributed by atoms with Gasteiger partial charge < -0.3 is 14.8 Å². The summed E-state index contributed by atoms with van der Waals surface area (Å²) in [6.45, 7) is 9.24. The first-order valence-electron chi connectivity index (χ1n) is 17.1. The fraction of sp³-hybridized carbons (Fsp3) is 0.971. The zero-order valence-corrected chi connectivity index (χ0v) is 26.8. The van der Waals surface area contributed by atoms with Gasteiger partial charge in [0.05, 0.1) is 0 Å². The van der Waals surface area contributed by atoms with Gasteiger partial charge in [0.15, 0.2) is 0 Å². The van der Waals surface area contributed by atoms with Crippen molar-refractivity contribution in [1.82, 2.24) is 4.90 Å². The van der Waals surface area contributed by atoms with Crippen molar-refractivity contribution in [3.8, 4) is 0 Å². The summed E-state index contributed by atoms with van der Waals surface area (Å²) in [6, 6.07) is 0.486. The SMILES string of the molecule is CCCCCCCCCCCCCCN(CCCCCCCCCCCCCC)C(C)CCCC(=O)[O-].[Li+]. The fourth-order valence-corrected chi connectivity index (χ4v) is 5.59. The van der Waals surface area contributed by atoms with Gasteiger partial charge >= 0.3 is 18.9 Å². The number of carbonyl (C=O) groups excluding carboxylic acids is 1. The third-order valence-electron chi connectivity index (χ3n) is 8.22. The molecule has 3 nitrogen and oxygen atoms in total. The van der Waals surface area contributed by atoms with Crippen LogP contribution in [-0.2, 0) is 4.79 Å². The minimum absolute atomic E-state index is 0. The van der Waals surface area contributed by atoms with E-state index < -0.39 is 5.97 Å². The summed E-state index contributed by atoms with van der Waals surface area (Å²) in [7, 11) is 0. The number of hydrogen-bond acceptors (Lipinski definition) is 3. The van der Waals surface area contributed by atoms with Gasteiger partial charge in [-0.2, -0.15) is 0 Å². The molecule has 38 heavy (non-hydrogen) atoms. The van der Waals surface area contributed by atoms with E-state index in [-0.39, 0.29) is 25.3 Å². The van der Waals surface area contributed by atoms with E-state index in [4.69, 9.17) is 0 Å². The number of unbranched alkanes of at least 4 members (excludes halogenated alkanes) is 22. The Morgan fingerprint density at radius 3 is 1.11 bits per heavy atom. The van der Waals surface area contributed by atoms with Crippen LogP contribution in [0.2, 0.25) is 0 Å². The summed E-state index contributed by atoms with van der Waals surface area (Å²) < 4.78 is 0. The number of aliphatic carboxylic acids is 1. The molecule has 0 fully saturated rings. The number of carbonyl (C=O) groups is 1. The predicted octanol–water partition coefficient (Wildman–Crippen LogP) is 7.00. The molecule has 0 aliphatic heterocycles. The number of carboxylic acid groups (broad SMARTS) is 1. The Labute approximate surface area is 252 Å². The Hall–Kier alpha value is 0.0274. The predicted molar refractivity (Wildman–Crippen MR) is 162 cm³/mol. The van der Waals surface area contributed by atoms with Crippen LogP contribution >= 0.6 is 0 Å². The molecule has 0 spiro atoms. The molecule has 0 saturated heterocycles. The molecule has 0 rings (SSSR count). The molecule has 1 atom stereocenters. The van der Waals surface area contributed by atoms with Gasteiger partial charge in [0.25, 0.3) is 0 Å². The number of carboxylic acids is 1. The summed E-state index contributed by atoms with van der Waals surface area (Å²) in [5.41, 5.74) is 0. The molecule has 1 unspecified atom stereocenters. The molecule has 0 amide bonds. The molecule has 0 radical (unpaired) electrons. The van der Waals surface area contributed by atoms with Crippen molar-refractivity contribution >= 4 is 5.97 Å². The molecule has 222 valence electrons. The molecule has 0 heterocycles. The molecule has 0 aliphatic carbocycles. The van der Waals surface area contributed by atoms with E-state index in [1.807, 2.05) is 0 Å². The molecule has 0 aromatic rings. The van der Waals surface area contributed by atoms with Gasteiger partial charge in [0.2, 0.25) is 0 Å². The molecule has 0 aromatic heterocycles. The molecule has 0 saturated carbocycles. The van der Waals surface area contributed by atoms with Crippen LogP contribution in [-0.4, -0.2) is 30.0 Å². The third kappa shape index (κ3) is 30.6. The second-order valence-corrected chi connectivity index (χ2v) is 11.9. The molecular formula is C34H68LiNO2. The minimum atomic E-state index is -0.902. The summed E-state index contributed by atoms with van der Waals surface area (Å²) >= 11 is 0. The van der Waals surface area contributed by atoms with Gasteiger partial charge in [-0.3, -0.25) is 0 Å². The van der Waals surface area contributed by atoms with Gasteiger partial charge in [-0.25, -0.2) is 0 Å². The van der Waals surface area contributed by atoms with Crippen molar-refractivity contribution in [3.63, 3.8) is 0 Å². The molecule has 4 heteroatoms. The summed E-state index contributed by atoms with van der Waals surface area (Å²) in [4.78, 5) is 13.5. The van der Waals surface area contributed by atoms with Gasteiger partial charge in [0, 0.05) is 12.0 Å². The van der Waals surface area contributed by atoms with Gasteiger partial charge in [-0.15, -0.1) is 0 Å². The second kappa shape index (κ2) is 33.2. The van der Waals surface area contributed by atoms with E-state index in [0.717, 1.165) is 12.8 Å². The Kier molecular flexibility index (Phi) is 35.1. The van der Waals surface area contributed by atoms with Crippen molar-refractivity contribution in [1.29, 1.82) is 0 Å². The maximum atomic E-state index is 10.8. The van der Waals surface area contributed by atoms with E-state index in [9.17, 15) is 9.90 Å². The normalized spacial score (nSPS) is 12.1. The maximum Gasteiger partial charge on any atom is 1.00 e. The summed E-state index contributed by atoms with van der Waals surface area (Å²) in [5, 5.41) is 10.8. The standard InChI is InChI=1S/C34H69NO2.Li/c1-4-6-8-10-12-14-16-18-20-22-24-26-31-35(33(3)29-28-30-34(36)37)32-27-25-23-21-19-17-15-13-11-9-7-5-2;/h33H,4-32H2,1-3H3,(H,36,37);/q;+1/p-1. The fourth-order valence-electron chi connectivity index (χ4n) is 5.59. The monoisotopic (exact) mass is 530 g/mol. The third-order valence-corrected chi connectivity index (χ3v) is 8.22.